The lowest BCUT2D eigenvalue weighted by Crippen LogP contribution is -2.12. The maximum Gasteiger partial charge on any atom is 0.255 e. The zero-order chi connectivity index (χ0) is 16.1. The maximum absolute atomic E-state index is 12.3. The minimum atomic E-state index is -0.0775. The van der Waals surface area contributed by atoms with Gasteiger partial charge in [-0.05, 0) is 49.1 Å². The molecule has 0 aliphatic rings. The third kappa shape index (κ3) is 4.32. The van der Waals surface area contributed by atoms with Gasteiger partial charge in [-0.15, -0.1) is 0 Å². The van der Waals surface area contributed by atoms with Crippen LogP contribution in [0.1, 0.15) is 40.9 Å². The van der Waals surface area contributed by atoms with Gasteiger partial charge < -0.3 is 5.32 Å². The van der Waals surface area contributed by atoms with Crippen LogP contribution in [-0.2, 0) is 0 Å². The fourth-order valence-electron chi connectivity index (χ4n) is 2.20. The van der Waals surface area contributed by atoms with Gasteiger partial charge in [0.2, 0.25) is 0 Å². The first-order valence-corrected chi connectivity index (χ1v) is 7.62. The van der Waals surface area contributed by atoms with Crippen LogP contribution in [0.15, 0.2) is 48.5 Å². The summed E-state index contributed by atoms with van der Waals surface area (Å²) < 4.78 is 0. The van der Waals surface area contributed by atoms with Crippen LogP contribution in [0.25, 0.3) is 6.08 Å². The van der Waals surface area contributed by atoms with E-state index in [-0.39, 0.29) is 5.91 Å². The fraction of sp³-hybridized carbons (Fsp3) is 0.250. The van der Waals surface area contributed by atoms with E-state index in [0.29, 0.717) is 11.5 Å². The molecule has 0 fully saturated rings. The van der Waals surface area contributed by atoms with Crippen LogP contribution >= 0.6 is 0 Å². The van der Waals surface area contributed by atoms with Gasteiger partial charge in [0.25, 0.3) is 5.91 Å². The van der Waals surface area contributed by atoms with E-state index in [0.717, 1.165) is 16.8 Å². The summed E-state index contributed by atoms with van der Waals surface area (Å²) in [6.45, 7) is 8.33. The summed E-state index contributed by atoms with van der Waals surface area (Å²) in [5, 5.41) is 2.97. The van der Waals surface area contributed by atoms with Crippen LogP contribution in [0.3, 0.4) is 0 Å². The topological polar surface area (TPSA) is 29.1 Å². The van der Waals surface area contributed by atoms with Crippen LogP contribution in [0.5, 0.6) is 0 Å². The van der Waals surface area contributed by atoms with Crippen molar-refractivity contribution >= 4 is 17.7 Å². The molecule has 114 valence electrons. The summed E-state index contributed by atoms with van der Waals surface area (Å²) in [6, 6.07) is 13.7. The second kappa shape index (κ2) is 7.08. The molecule has 1 amide bonds. The van der Waals surface area contributed by atoms with Gasteiger partial charge in [0.05, 0.1) is 0 Å². The van der Waals surface area contributed by atoms with Crippen LogP contribution in [0.4, 0.5) is 5.69 Å². The second-order valence-corrected chi connectivity index (χ2v) is 6.00. The molecule has 2 nitrogen and oxygen atoms in total. The van der Waals surface area contributed by atoms with Gasteiger partial charge in [-0.1, -0.05) is 55.8 Å². The van der Waals surface area contributed by atoms with E-state index in [1.54, 1.807) is 0 Å². The SMILES string of the molecule is Cc1ccc(NC(=O)c2ccc(/C=C/C(C)C)cc2)c(C)c1. The summed E-state index contributed by atoms with van der Waals surface area (Å²) in [4.78, 5) is 12.3. The van der Waals surface area contributed by atoms with Crippen LogP contribution < -0.4 is 5.32 Å². The smallest absolute Gasteiger partial charge is 0.255 e. The number of amides is 1. The average Bonchev–Trinajstić information content (AvgIpc) is 2.48. The highest BCUT2D eigenvalue weighted by Gasteiger charge is 2.07. The van der Waals surface area contributed by atoms with E-state index in [2.05, 4.69) is 37.4 Å². The van der Waals surface area contributed by atoms with Gasteiger partial charge in [-0.3, -0.25) is 4.79 Å². The lowest BCUT2D eigenvalue weighted by Gasteiger charge is -2.09. The quantitative estimate of drug-likeness (QED) is 0.822. The highest BCUT2D eigenvalue weighted by atomic mass is 16.1. The van der Waals surface area contributed by atoms with Gasteiger partial charge in [-0.25, -0.2) is 0 Å². The van der Waals surface area contributed by atoms with Crippen molar-refractivity contribution < 1.29 is 4.79 Å². The minimum absolute atomic E-state index is 0.0775. The minimum Gasteiger partial charge on any atom is -0.322 e. The predicted molar refractivity (Wildman–Crippen MR) is 94.2 cm³/mol. The summed E-state index contributed by atoms with van der Waals surface area (Å²) in [6.07, 6.45) is 4.22. The summed E-state index contributed by atoms with van der Waals surface area (Å²) in [7, 11) is 0. The Labute approximate surface area is 132 Å². The highest BCUT2D eigenvalue weighted by Crippen LogP contribution is 2.17. The zero-order valence-corrected chi connectivity index (χ0v) is 13.7. The number of anilines is 1. The number of allylic oxidation sites excluding steroid dienone is 1. The Hall–Kier alpha value is -2.35. The van der Waals surface area contributed by atoms with Gasteiger partial charge in [0.1, 0.15) is 0 Å². The van der Waals surface area contributed by atoms with Crippen molar-refractivity contribution in [2.75, 3.05) is 5.32 Å². The Morgan fingerprint density at radius 2 is 1.73 bits per heavy atom. The average molecular weight is 293 g/mol. The first-order chi connectivity index (χ1) is 10.5. The molecule has 0 aliphatic carbocycles. The van der Waals surface area contributed by atoms with E-state index >= 15 is 0 Å². The first kappa shape index (κ1) is 16.0. The van der Waals surface area contributed by atoms with Crippen LogP contribution in [0, 0.1) is 19.8 Å². The lowest BCUT2D eigenvalue weighted by atomic mass is 10.1. The fourth-order valence-corrected chi connectivity index (χ4v) is 2.20. The van der Waals surface area contributed by atoms with Crippen LogP contribution in [-0.4, -0.2) is 5.91 Å². The molecule has 2 heteroatoms. The summed E-state index contributed by atoms with van der Waals surface area (Å²) >= 11 is 0. The number of aryl methyl sites for hydroxylation is 2. The Morgan fingerprint density at radius 1 is 1.05 bits per heavy atom. The molecule has 0 heterocycles. The number of carbonyl (C=O) groups is 1. The van der Waals surface area contributed by atoms with Crippen molar-refractivity contribution in [3.05, 3.63) is 70.8 Å². The van der Waals surface area contributed by atoms with Crippen molar-refractivity contribution in [1.29, 1.82) is 0 Å². The van der Waals surface area contributed by atoms with Crippen molar-refractivity contribution in [3.63, 3.8) is 0 Å². The molecule has 2 aromatic carbocycles. The van der Waals surface area contributed by atoms with E-state index in [1.165, 1.54) is 5.56 Å². The highest BCUT2D eigenvalue weighted by molar-refractivity contribution is 6.04. The van der Waals surface area contributed by atoms with Crippen molar-refractivity contribution in [2.24, 2.45) is 5.92 Å². The van der Waals surface area contributed by atoms with Gasteiger partial charge in [0.15, 0.2) is 0 Å². The standard InChI is InChI=1S/C20H23NO/c1-14(2)5-7-17-8-10-18(11-9-17)20(22)21-19-12-6-15(3)13-16(19)4/h5-14H,1-4H3,(H,21,22)/b7-5+. The molecule has 0 radical (unpaired) electrons. The molecule has 0 atom stereocenters. The van der Waals surface area contributed by atoms with Gasteiger partial charge in [-0.2, -0.15) is 0 Å². The monoisotopic (exact) mass is 293 g/mol. The number of carbonyl (C=O) groups excluding carboxylic acids is 1. The molecule has 2 aromatic rings. The molecule has 1 N–H and O–H groups in total. The molecule has 22 heavy (non-hydrogen) atoms. The molecule has 0 saturated heterocycles. The lowest BCUT2D eigenvalue weighted by molar-refractivity contribution is 0.102. The van der Waals surface area contributed by atoms with Gasteiger partial charge in [0, 0.05) is 11.3 Å². The van der Waals surface area contributed by atoms with E-state index in [1.807, 2.05) is 50.2 Å². The van der Waals surface area contributed by atoms with Crippen molar-refractivity contribution in [2.45, 2.75) is 27.7 Å². The maximum atomic E-state index is 12.3. The molecule has 0 saturated carbocycles. The summed E-state index contributed by atoms with van der Waals surface area (Å²) in [5.74, 6) is 0.443. The molecular weight excluding hydrogens is 270 g/mol. The molecule has 2 rings (SSSR count). The van der Waals surface area contributed by atoms with Crippen molar-refractivity contribution in [3.8, 4) is 0 Å². The third-order valence-corrected chi connectivity index (χ3v) is 3.48. The van der Waals surface area contributed by atoms with Crippen LogP contribution in [0.2, 0.25) is 0 Å². The Morgan fingerprint density at radius 3 is 2.32 bits per heavy atom. The number of hydrogen-bond acceptors (Lipinski definition) is 1. The normalized spacial score (nSPS) is 11.1. The Kier molecular flexibility index (Phi) is 5.16. The van der Waals surface area contributed by atoms with Gasteiger partial charge >= 0.3 is 0 Å². The number of rotatable bonds is 4. The molecule has 0 bridgehead atoms. The second-order valence-electron chi connectivity index (χ2n) is 6.00. The number of nitrogens with one attached hydrogen (secondary N) is 1. The van der Waals surface area contributed by atoms with Crippen molar-refractivity contribution in [1.82, 2.24) is 0 Å². The number of benzene rings is 2. The third-order valence-electron chi connectivity index (χ3n) is 3.48. The summed E-state index contributed by atoms with van der Waals surface area (Å²) in [5.41, 5.74) is 4.90. The molecule has 0 aromatic heterocycles. The van der Waals surface area contributed by atoms with E-state index in [9.17, 15) is 4.79 Å². The Balaban J connectivity index is 2.09. The molecule has 0 unspecified atom stereocenters. The van der Waals surface area contributed by atoms with E-state index < -0.39 is 0 Å². The first-order valence-electron chi connectivity index (χ1n) is 7.62. The van der Waals surface area contributed by atoms with E-state index in [4.69, 9.17) is 0 Å². The number of hydrogen-bond donors (Lipinski definition) is 1. The Bertz CT molecular complexity index is 681. The molecular formula is C20H23NO. The predicted octanol–water partition coefficient (Wildman–Crippen LogP) is 5.22. The largest absolute Gasteiger partial charge is 0.322 e. The zero-order valence-electron chi connectivity index (χ0n) is 13.7. The molecule has 0 aliphatic heterocycles. The molecule has 0 spiro atoms.